The number of nitrogens with one attached hydrogen (secondary N) is 2. The van der Waals surface area contributed by atoms with Gasteiger partial charge in [-0.25, -0.2) is 0 Å². The molecule has 4 N–H and O–H groups in total. The molecule has 1 aliphatic rings. The molecule has 0 saturated heterocycles. The summed E-state index contributed by atoms with van der Waals surface area (Å²) >= 11 is 0. The molecule has 0 radical (unpaired) electrons. The molecule has 1 amide bonds. The number of H-pyrrole nitrogens is 1. The van der Waals surface area contributed by atoms with Crippen molar-refractivity contribution in [3.05, 3.63) is 34.2 Å². The van der Waals surface area contributed by atoms with Crippen molar-refractivity contribution in [3.63, 3.8) is 0 Å². The summed E-state index contributed by atoms with van der Waals surface area (Å²) in [6.45, 7) is 0.665. The predicted molar refractivity (Wildman–Crippen MR) is 69.3 cm³/mol. The van der Waals surface area contributed by atoms with Gasteiger partial charge in [0.05, 0.1) is 0 Å². The fourth-order valence-electron chi connectivity index (χ4n) is 2.49. The zero-order valence-electron chi connectivity index (χ0n) is 10.3. The summed E-state index contributed by atoms with van der Waals surface area (Å²) in [5.41, 5.74) is 5.58. The third-order valence-electron chi connectivity index (χ3n) is 3.52. The van der Waals surface area contributed by atoms with Gasteiger partial charge in [0.15, 0.2) is 5.43 Å². The summed E-state index contributed by atoms with van der Waals surface area (Å²) in [7, 11) is 0. The average molecular weight is 249 g/mol. The highest BCUT2D eigenvalue weighted by molar-refractivity contribution is 5.93. The van der Waals surface area contributed by atoms with Gasteiger partial charge in [-0.1, -0.05) is 6.42 Å². The molecular formula is C13H19N3O2. The van der Waals surface area contributed by atoms with Crippen molar-refractivity contribution in [2.24, 2.45) is 11.7 Å². The van der Waals surface area contributed by atoms with Crippen LogP contribution in [0.15, 0.2) is 23.3 Å². The van der Waals surface area contributed by atoms with Gasteiger partial charge >= 0.3 is 0 Å². The third kappa shape index (κ3) is 2.98. The zero-order valence-corrected chi connectivity index (χ0v) is 10.3. The lowest BCUT2D eigenvalue weighted by Crippen LogP contribution is -2.41. The summed E-state index contributed by atoms with van der Waals surface area (Å²) in [4.78, 5) is 26.2. The highest BCUT2D eigenvalue weighted by Gasteiger charge is 2.23. The van der Waals surface area contributed by atoms with Crippen LogP contribution >= 0.6 is 0 Å². The first kappa shape index (κ1) is 12.8. The maximum Gasteiger partial charge on any atom is 0.256 e. The second kappa shape index (κ2) is 5.82. The summed E-state index contributed by atoms with van der Waals surface area (Å²) in [6.07, 6.45) is 7.05. The number of carbonyl (C=O) groups excluding carboxylic acids is 1. The Bertz CT molecular complexity index is 469. The number of rotatable bonds is 3. The highest BCUT2D eigenvalue weighted by Crippen LogP contribution is 2.23. The number of aromatic nitrogens is 1. The van der Waals surface area contributed by atoms with Gasteiger partial charge in [0.25, 0.3) is 5.91 Å². The Labute approximate surface area is 106 Å². The SMILES string of the molecule is NCC1CCCC(NC(=O)c2c[nH]ccc2=O)C1. The van der Waals surface area contributed by atoms with Gasteiger partial charge < -0.3 is 16.0 Å². The second-order valence-corrected chi connectivity index (χ2v) is 4.86. The molecule has 1 aromatic rings. The number of hydrogen-bond donors (Lipinski definition) is 3. The smallest absolute Gasteiger partial charge is 0.256 e. The van der Waals surface area contributed by atoms with Crippen molar-refractivity contribution < 1.29 is 4.79 Å². The third-order valence-corrected chi connectivity index (χ3v) is 3.52. The quantitative estimate of drug-likeness (QED) is 0.734. The van der Waals surface area contributed by atoms with Gasteiger partial charge in [0.1, 0.15) is 5.56 Å². The largest absolute Gasteiger partial charge is 0.367 e. The molecule has 2 unspecified atom stereocenters. The molecule has 98 valence electrons. The van der Waals surface area contributed by atoms with Gasteiger partial charge in [0.2, 0.25) is 0 Å². The van der Waals surface area contributed by atoms with E-state index in [9.17, 15) is 9.59 Å². The molecule has 2 atom stereocenters. The molecule has 1 aromatic heterocycles. The van der Waals surface area contributed by atoms with E-state index in [1.54, 1.807) is 0 Å². The number of nitrogens with two attached hydrogens (primary N) is 1. The minimum absolute atomic E-state index is 0.138. The summed E-state index contributed by atoms with van der Waals surface area (Å²) in [5.74, 6) is 0.192. The first-order chi connectivity index (χ1) is 8.70. The van der Waals surface area contributed by atoms with Crippen molar-refractivity contribution in [1.29, 1.82) is 0 Å². The number of amides is 1. The molecular weight excluding hydrogens is 230 g/mol. The molecule has 0 aliphatic heterocycles. The van der Waals surface area contributed by atoms with E-state index in [0.29, 0.717) is 12.5 Å². The zero-order chi connectivity index (χ0) is 13.0. The summed E-state index contributed by atoms with van der Waals surface area (Å²) in [6, 6.07) is 1.50. The van der Waals surface area contributed by atoms with Crippen molar-refractivity contribution in [2.75, 3.05) is 6.54 Å². The highest BCUT2D eigenvalue weighted by atomic mass is 16.2. The first-order valence-corrected chi connectivity index (χ1v) is 6.38. The molecule has 1 fully saturated rings. The predicted octanol–water partition coefficient (Wildman–Crippen LogP) is 0.622. The van der Waals surface area contributed by atoms with Crippen molar-refractivity contribution in [3.8, 4) is 0 Å². The minimum atomic E-state index is -0.292. The molecule has 0 bridgehead atoms. The maximum absolute atomic E-state index is 12.0. The van der Waals surface area contributed by atoms with E-state index in [-0.39, 0.29) is 22.9 Å². The lowest BCUT2D eigenvalue weighted by atomic mass is 9.85. The topological polar surface area (TPSA) is 88.0 Å². The van der Waals surface area contributed by atoms with E-state index in [0.717, 1.165) is 25.7 Å². The van der Waals surface area contributed by atoms with Gasteiger partial charge in [0, 0.05) is 24.5 Å². The molecule has 5 heteroatoms. The number of carbonyl (C=O) groups is 1. The Morgan fingerprint density at radius 3 is 3.06 bits per heavy atom. The first-order valence-electron chi connectivity index (χ1n) is 6.38. The lowest BCUT2D eigenvalue weighted by Gasteiger charge is -2.28. The van der Waals surface area contributed by atoms with Crippen LogP contribution in [0.1, 0.15) is 36.0 Å². The van der Waals surface area contributed by atoms with Crippen LogP contribution < -0.4 is 16.5 Å². The number of hydrogen-bond acceptors (Lipinski definition) is 3. The molecule has 2 rings (SSSR count). The van der Waals surface area contributed by atoms with Gasteiger partial charge in [-0.05, 0) is 31.7 Å². The second-order valence-electron chi connectivity index (χ2n) is 4.86. The van der Waals surface area contributed by atoms with Gasteiger partial charge in [-0.3, -0.25) is 9.59 Å². The normalized spacial score (nSPS) is 23.6. The van der Waals surface area contributed by atoms with Crippen molar-refractivity contribution in [1.82, 2.24) is 10.3 Å². The van der Waals surface area contributed by atoms with Crippen LogP contribution in [-0.2, 0) is 0 Å². The van der Waals surface area contributed by atoms with Crippen LogP contribution in [0.2, 0.25) is 0 Å². The average Bonchev–Trinajstić information content (AvgIpc) is 2.39. The van der Waals surface area contributed by atoms with E-state index >= 15 is 0 Å². The van der Waals surface area contributed by atoms with Crippen LogP contribution in [0.4, 0.5) is 0 Å². The minimum Gasteiger partial charge on any atom is -0.367 e. The van der Waals surface area contributed by atoms with Crippen LogP contribution in [-0.4, -0.2) is 23.5 Å². The molecule has 5 nitrogen and oxygen atoms in total. The van der Waals surface area contributed by atoms with E-state index in [2.05, 4.69) is 10.3 Å². The monoisotopic (exact) mass is 249 g/mol. The number of pyridine rings is 1. The van der Waals surface area contributed by atoms with E-state index < -0.39 is 0 Å². The van der Waals surface area contributed by atoms with E-state index in [1.807, 2.05) is 0 Å². The molecule has 1 saturated carbocycles. The van der Waals surface area contributed by atoms with Gasteiger partial charge in [-0.2, -0.15) is 0 Å². The fraction of sp³-hybridized carbons (Fsp3) is 0.538. The molecule has 1 aliphatic carbocycles. The fourth-order valence-corrected chi connectivity index (χ4v) is 2.49. The molecule has 0 aromatic carbocycles. The lowest BCUT2D eigenvalue weighted by molar-refractivity contribution is 0.0919. The summed E-state index contributed by atoms with van der Waals surface area (Å²) in [5, 5.41) is 2.93. The van der Waals surface area contributed by atoms with Crippen molar-refractivity contribution in [2.45, 2.75) is 31.7 Å². The van der Waals surface area contributed by atoms with Gasteiger partial charge in [-0.15, -0.1) is 0 Å². The molecule has 0 spiro atoms. The Kier molecular flexibility index (Phi) is 4.15. The standard InChI is InChI=1S/C13H19N3O2/c14-7-9-2-1-3-10(6-9)16-13(18)11-8-15-5-4-12(11)17/h4-5,8-10H,1-3,6-7,14H2,(H,15,17)(H,16,18). The Hall–Kier alpha value is -1.62. The maximum atomic E-state index is 12.0. The van der Waals surface area contributed by atoms with E-state index in [1.165, 1.54) is 18.5 Å². The van der Waals surface area contributed by atoms with Crippen LogP contribution in [0.3, 0.4) is 0 Å². The van der Waals surface area contributed by atoms with Crippen LogP contribution in [0, 0.1) is 5.92 Å². The van der Waals surface area contributed by atoms with Crippen molar-refractivity contribution >= 4 is 5.91 Å². The summed E-state index contributed by atoms with van der Waals surface area (Å²) < 4.78 is 0. The molecule has 18 heavy (non-hydrogen) atoms. The van der Waals surface area contributed by atoms with E-state index in [4.69, 9.17) is 5.73 Å². The molecule has 1 heterocycles. The Morgan fingerprint density at radius 2 is 2.33 bits per heavy atom. The number of aromatic amines is 1. The Balaban J connectivity index is 1.99. The van der Waals surface area contributed by atoms with Crippen LogP contribution in [0.5, 0.6) is 0 Å². The Morgan fingerprint density at radius 1 is 1.50 bits per heavy atom. The van der Waals surface area contributed by atoms with Crippen LogP contribution in [0.25, 0.3) is 0 Å².